The zero-order valence-corrected chi connectivity index (χ0v) is 7.76. The molecule has 0 aromatic heterocycles. The first-order valence-corrected chi connectivity index (χ1v) is 4.56. The third kappa shape index (κ3) is 1.43. The highest BCUT2D eigenvalue weighted by atomic mass is 19.1. The van der Waals surface area contributed by atoms with Crippen molar-refractivity contribution in [2.24, 2.45) is 5.92 Å². The molecule has 0 saturated heterocycles. The molecule has 2 unspecified atom stereocenters. The average molecular weight is 196 g/mol. The maximum Gasteiger partial charge on any atom is 0.136 e. The summed E-state index contributed by atoms with van der Waals surface area (Å²) < 4.78 is 25.7. The summed E-state index contributed by atoms with van der Waals surface area (Å²) in [5, 5.41) is 0. The quantitative estimate of drug-likeness (QED) is 0.674. The molecule has 1 aromatic rings. The first-order valence-electron chi connectivity index (χ1n) is 4.56. The molecule has 1 fully saturated rings. The van der Waals surface area contributed by atoms with Crippen LogP contribution in [0.3, 0.4) is 0 Å². The fourth-order valence-corrected chi connectivity index (χ4v) is 1.84. The molecule has 14 heavy (non-hydrogen) atoms. The lowest BCUT2D eigenvalue weighted by atomic mass is 9.70. The predicted octanol–water partition coefficient (Wildman–Crippen LogP) is 2.66. The Hall–Kier alpha value is -1.25. The molecular formula is C11H10F2O. The van der Waals surface area contributed by atoms with Gasteiger partial charge >= 0.3 is 0 Å². The molecule has 0 bridgehead atoms. The molecule has 1 aliphatic rings. The van der Waals surface area contributed by atoms with E-state index in [-0.39, 0.29) is 17.6 Å². The molecule has 2 atom stereocenters. The van der Waals surface area contributed by atoms with Crippen LogP contribution < -0.4 is 0 Å². The molecule has 1 aromatic carbocycles. The van der Waals surface area contributed by atoms with Crippen LogP contribution >= 0.6 is 0 Å². The summed E-state index contributed by atoms with van der Waals surface area (Å²) >= 11 is 0. The Labute approximate surface area is 80.7 Å². The van der Waals surface area contributed by atoms with Crippen LogP contribution in [0, 0.1) is 17.6 Å². The van der Waals surface area contributed by atoms with Crippen molar-refractivity contribution in [3.05, 3.63) is 35.4 Å². The van der Waals surface area contributed by atoms with Gasteiger partial charge in [0, 0.05) is 24.3 Å². The largest absolute Gasteiger partial charge is 0.299 e. The van der Waals surface area contributed by atoms with Crippen LogP contribution in [0.5, 0.6) is 0 Å². The molecule has 74 valence electrons. The number of ketones is 1. The van der Waals surface area contributed by atoms with Crippen molar-refractivity contribution in [3.63, 3.8) is 0 Å². The van der Waals surface area contributed by atoms with Gasteiger partial charge in [0.25, 0.3) is 0 Å². The van der Waals surface area contributed by atoms with Crippen LogP contribution in [-0.2, 0) is 4.79 Å². The van der Waals surface area contributed by atoms with Gasteiger partial charge in [-0.15, -0.1) is 0 Å². The molecule has 1 aliphatic carbocycles. The topological polar surface area (TPSA) is 17.1 Å². The monoisotopic (exact) mass is 196 g/mol. The summed E-state index contributed by atoms with van der Waals surface area (Å²) in [7, 11) is 0. The smallest absolute Gasteiger partial charge is 0.136 e. The van der Waals surface area contributed by atoms with E-state index in [0.29, 0.717) is 12.0 Å². The Morgan fingerprint density at radius 1 is 1.21 bits per heavy atom. The Bertz CT molecular complexity index is 367. The van der Waals surface area contributed by atoms with E-state index < -0.39 is 11.6 Å². The van der Waals surface area contributed by atoms with Gasteiger partial charge in [-0.3, -0.25) is 4.79 Å². The first-order chi connectivity index (χ1) is 6.58. The Morgan fingerprint density at radius 3 is 2.21 bits per heavy atom. The lowest BCUT2D eigenvalue weighted by Crippen LogP contribution is -2.32. The summed E-state index contributed by atoms with van der Waals surface area (Å²) in [6.07, 6.45) is 0.407. The highest BCUT2D eigenvalue weighted by Gasteiger charge is 2.37. The predicted molar refractivity (Wildman–Crippen MR) is 47.9 cm³/mol. The molecular weight excluding hydrogens is 186 g/mol. The third-order valence-corrected chi connectivity index (χ3v) is 2.85. The molecule has 0 heterocycles. The van der Waals surface area contributed by atoms with E-state index in [4.69, 9.17) is 0 Å². The maximum atomic E-state index is 12.8. The van der Waals surface area contributed by atoms with Gasteiger partial charge in [-0.2, -0.15) is 0 Å². The van der Waals surface area contributed by atoms with Gasteiger partial charge in [0.2, 0.25) is 0 Å². The van der Waals surface area contributed by atoms with E-state index in [1.54, 1.807) is 6.92 Å². The van der Waals surface area contributed by atoms with Crippen molar-refractivity contribution < 1.29 is 13.6 Å². The number of Topliss-reactive ketones (excluding diaryl/α,β-unsaturated/α-hetero) is 1. The second-order valence-electron chi connectivity index (χ2n) is 3.77. The van der Waals surface area contributed by atoms with E-state index in [2.05, 4.69) is 0 Å². The first kappa shape index (κ1) is 9.31. The van der Waals surface area contributed by atoms with Crippen LogP contribution in [0.4, 0.5) is 8.78 Å². The van der Waals surface area contributed by atoms with E-state index in [1.807, 2.05) is 0 Å². The number of hydrogen-bond donors (Lipinski definition) is 0. The van der Waals surface area contributed by atoms with Gasteiger partial charge in [0.1, 0.15) is 17.4 Å². The summed E-state index contributed by atoms with van der Waals surface area (Å²) in [5.74, 6) is -1.10. The summed E-state index contributed by atoms with van der Waals surface area (Å²) in [5.41, 5.74) is 0.592. The zero-order chi connectivity index (χ0) is 10.3. The SMILES string of the molecule is CC1C(=O)CC1c1cc(F)cc(F)c1. The van der Waals surface area contributed by atoms with Crippen molar-refractivity contribution in [1.29, 1.82) is 0 Å². The van der Waals surface area contributed by atoms with Crippen molar-refractivity contribution in [1.82, 2.24) is 0 Å². The van der Waals surface area contributed by atoms with E-state index in [0.717, 1.165) is 6.07 Å². The van der Waals surface area contributed by atoms with Gasteiger partial charge in [0.05, 0.1) is 0 Å². The number of halogens is 2. The van der Waals surface area contributed by atoms with Gasteiger partial charge in [-0.05, 0) is 17.7 Å². The molecule has 0 spiro atoms. The molecule has 0 aliphatic heterocycles. The van der Waals surface area contributed by atoms with Crippen molar-refractivity contribution in [3.8, 4) is 0 Å². The Kier molecular flexibility index (Phi) is 2.10. The highest BCUT2D eigenvalue weighted by molar-refractivity contribution is 5.88. The third-order valence-electron chi connectivity index (χ3n) is 2.85. The van der Waals surface area contributed by atoms with Gasteiger partial charge in [-0.25, -0.2) is 8.78 Å². The zero-order valence-electron chi connectivity index (χ0n) is 7.76. The fraction of sp³-hybridized carbons (Fsp3) is 0.364. The highest BCUT2D eigenvalue weighted by Crippen LogP contribution is 2.39. The minimum atomic E-state index is -0.577. The standard InChI is InChI=1S/C11H10F2O/c1-6-10(5-11(6)14)7-2-8(12)4-9(13)3-7/h2-4,6,10H,5H2,1H3. The molecule has 0 amide bonds. The van der Waals surface area contributed by atoms with Crippen LogP contribution in [0.1, 0.15) is 24.8 Å². The van der Waals surface area contributed by atoms with Crippen LogP contribution in [0.2, 0.25) is 0 Å². The van der Waals surface area contributed by atoms with Crippen molar-refractivity contribution >= 4 is 5.78 Å². The maximum absolute atomic E-state index is 12.8. The fourth-order valence-electron chi connectivity index (χ4n) is 1.84. The van der Waals surface area contributed by atoms with Gasteiger partial charge in [0.15, 0.2) is 0 Å². The Morgan fingerprint density at radius 2 is 1.79 bits per heavy atom. The average Bonchev–Trinajstić information content (AvgIpc) is 2.11. The summed E-state index contributed by atoms with van der Waals surface area (Å²) in [6.45, 7) is 1.79. The lowest BCUT2D eigenvalue weighted by molar-refractivity contribution is -0.130. The Balaban J connectivity index is 2.29. The second-order valence-corrected chi connectivity index (χ2v) is 3.77. The van der Waals surface area contributed by atoms with Crippen molar-refractivity contribution in [2.75, 3.05) is 0 Å². The lowest BCUT2D eigenvalue weighted by Gasteiger charge is -2.32. The number of hydrogen-bond acceptors (Lipinski definition) is 1. The second kappa shape index (κ2) is 3.15. The van der Waals surface area contributed by atoms with Crippen molar-refractivity contribution in [2.45, 2.75) is 19.3 Å². The van der Waals surface area contributed by atoms with E-state index in [9.17, 15) is 13.6 Å². The number of carbonyl (C=O) groups excluding carboxylic acids is 1. The summed E-state index contributed by atoms with van der Waals surface area (Å²) in [6, 6.07) is 3.45. The minimum Gasteiger partial charge on any atom is -0.299 e. The van der Waals surface area contributed by atoms with Crippen LogP contribution in [0.25, 0.3) is 0 Å². The molecule has 3 heteroatoms. The minimum absolute atomic E-state index is 0.00676. The van der Waals surface area contributed by atoms with Gasteiger partial charge < -0.3 is 0 Å². The molecule has 2 rings (SSSR count). The molecule has 1 saturated carbocycles. The van der Waals surface area contributed by atoms with E-state index >= 15 is 0 Å². The molecule has 0 N–H and O–H groups in total. The van der Waals surface area contributed by atoms with E-state index in [1.165, 1.54) is 12.1 Å². The van der Waals surface area contributed by atoms with Crippen LogP contribution in [0.15, 0.2) is 18.2 Å². The van der Waals surface area contributed by atoms with Crippen LogP contribution in [-0.4, -0.2) is 5.78 Å². The number of benzene rings is 1. The molecule has 0 radical (unpaired) electrons. The summed E-state index contributed by atoms with van der Waals surface area (Å²) in [4.78, 5) is 11.0. The normalized spacial score (nSPS) is 26.1. The molecule has 1 nitrogen and oxygen atoms in total. The number of carbonyl (C=O) groups is 1. The van der Waals surface area contributed by atoms with Gasteiger partial charge in [-0.1, -0.05) is 6.92 Å². The number of rotatable bonds is 1.